The second-order valence-electron chi connectivity index (χ2n) is 8.19. The Labute approximate surface area is 175 Å². The number of benzene rings is 1. The molecule has 1 aliphatic rings. The van der Waals surface area contributed by atoms with Gasteiger partial charge in [0.1, 0.15) is 5.75 Å². The second-order valence-corrected chi connectivity index (χ2v) is 8.19. The van der Waals surface area contributed by atoms with Crippen molar-refractivity contribution in [3.63, 3.8) is 0 Å². The summed E-state index contributed by atoms with van der Waals surface area (Å²) in [7, 11) is 0. The Balaban J connectivity index is 1.53. The van der Waals surface area contributed by atoms with Gasteiger partial charge in [-0.3, -0.25) is 0 Å². The van der Waals surface area contributed by atoms with Gasteiger partial charge in [0, 0.05) is 6.61 Å². The summed E-state index contributed by atoms with van der Waals surface area (Å²) in [6.45, 7) is 0.396. The summed E-state index contributed by atoms with van der Waals surface area (Å²) >= 11 is 0. The van der Waals surface area contributed by atoms with Crippen molar-refractivity contribution in [2.24, 2.45) is 5.92 Å². The van der Waals surface area contributed by atoms with Gasteiger partial charge in [-0.15, -0.1) is 0 Å². The molecule has 1 saturated carbocycles. The van der Waals surface area contributed by atoms with Crippen molar-refractivity contribution in [3.8, 4) is 5.75 Å². The zero-order chi connectivity index (χ0) is 20.7. The van der Waals surface area contributed by atoms with Gasteiger partial charge in [0.05, 0.1) is 6.10 Å². The monoisotopic (exact) mass is 408 g/mol. The molecule has 29 heavy (non-hydrogen) atoms. The summed E-state index contributed by atoms with van der Waals surface area (Å²) in [5, 5.41) is 0. The highest BCUT2D eigenvalue weighted by molar-refractivity contribution is 5.50. The first-order chi connectivity index (χ1) is 14.2. The predicted molar refractivity (Wildman–Crippen MR) is 116 cm³/mol. The zero-order valence-corrected chi connectivity index (χ0v) is 18.0. The van der Waals surface area contributed by atoms with E-state index in [-0.39, 0.29) is 5.75 Å². The van der Waals surface area contributed by atoms with Crippen LogP contribution in [0.1, 0.15) is 89.5 Å². The predicted octanol–water partition coefficient (Wildman–Crippen LogP) is 8.02. The fourth-order valence-electron chi connectivity index (χ4n) is 3.94. The summed E-state index contributed by atoms with van der Waals surface area (Å²) < 4.78 is 34.8. The molecule has 0 aromatic heterocycles. The molecule has 1 aromatic rings. The van der Waals surface area contributed by atoms with Gasteiger partial charge in [-0.05, 0) is 55.7 Å². The lowest BCUT2D eigenvalue weighted by molar-refractivity contribution is -0.0498. The van der Waals surface area contributed by atoms with Crippen LogP contribution >= 0.6 is 0 Å². The van der Waals surface area contributed by atoms with E-state index in [0.29, 0.717) is 12.0 Å². The molecule has 0 amide bonds. The van der Waals surface area contributed by atoms with E-state index in [4.69, 9.17) is 4.74 Å². The van der Waals surface area contributed by atoms with Crippen LogP contribution in [-0.2, 0) is 4.74 Å². The summed E-state index contributed by atoms with van der Waals surface area (Å²) in [6.07, 6.45) is 20.0. The van der Waals surface area contributed by atoms with E-state index in [2.05, 4.69) is 23.8 Å². The fraction of sp³-hybridized carbons (Fsp3) is 0.680. The van der Waals surface area contributed by atoms with E-state index in [9.17, 15) is 8.78 Å². The van der Waals surface area contributed by atoms with Crippen molar-refractivity contribution in [1.82, 2.24) is 0 Å². The summed E-state index contributed by atoms with van der Waals surface area (Å²) in [6, 6.07) is 6.79. The van der Waals surface area contributed by atoms with E-state index in [0.717, 1.165) is 37.9 Å². The Bertz CT molecular complexity index is 548. The smallest absolute Gasteiger partial charge is 0.387 e. The van der Waals surface area contributed by atoms with Gasteiger partial charge in [-0.2, -0.15) is 8.78 Å². The minimum Gasteiger partial charge on any atom is -0.435 e. The molecule has 4 heteroatoms. The van der Waals surface area contributed by atoms with Crippen molar-refractivity contribution in [2.45, 2.75) is 96.7 Å². The normalized spacial score (nSPS) is 19.9. The molecule has 0 saturated heterocycles. The van der Waals surface area contributed by atoms with Crippen molar-refractivity contribution in [2.75, 3.05) is 6.61 Å². The Kier molecular flexibility index (Phi) is 12.0. The number of allylic oxidation sites excluding steroid dienone is 1. The van der Waals surface area contributed by atoms with Crippen molar-refractivity contribution >= 4 is 6.08 Å². The lowest BCUT2D eigenvalue weighted by Crippen LogP contribution is -2.21. The fourth-order valence-corrected chi connectivity index (χ4v) is 3.94. The van der Waals surface area contributed by atoms with Crippen LogP contribution in [0.4, 0.5) is 8.78 Å². The van der Waals surface area contributed by atoms with E-state index >= 15 is 0 Å². The highest BCUT2D eigenvalue weighted by atomic mass is 19.3. The summed E-state index contributed by atoms with van der Waals surface area (Å²) in [5.74, 6) is 0.779. The van der Waals surface area contributed by atoms with Crippen LogP contribution in [0, 0.1) is 5.92 Å². The zero-order valence-electron chi connectivity index (χ0n) is 18.0. The third-order valence-electron chi connectivity index (χ3n) is 5.74. The van der Waals surface area contributed by atoms with Crippen LogP contribution < -0.4 is 4.74 Å². The minimum absolute atomic E-state index is 0.200. The number of hydrogen-bond acceptors (Lipinski definition) is 2. The van der Waals surface area contributed by atoms with Gasteiger partial charge in [0.15, 0.2) is 0 Å². The average molecular weight is 409 g/mol. The minimum atomic E-state index is -2.77. The highest BCUT2D eigenvalue weighted by Gasteiger charge is 2.19. The number of alkyl halides is 2. The molecular weight excluding hydrogens is 370 g/mol. The van der Waals surface area contributed by atoms with E-state index in [1.807, 2.05) is 12.1 Å². The van der Waals surface area contributed by atoms with E-state index in [1.165, 1.54) is 51.4 Å². The maximum atomic E-state index is 12.2. The molecule has 1 fully saturated rings. The van der Waals surface area contributed by atoms with Crippen LogP contribution in [0.2, 0.25) is 0 Å². The summed E-state index contributed by atoms with van der Waals surface area (Å²) in [4.78, 5) is 0. The largest absolute Gasteiger partial charge is 0.435 e. The van der Waals surface area contributed by atoms with Gasteiger partial charge < -0.3 is 9.47 Å². The van der Waals surface area contributed by atoms with Crippen molar-refractivity contribution in [1.29, 1.82) is 0 Å². The SMILES string of the molecule is CCCCCCCCCCOC1CCC(C=Cc2ccc(OC(F)F)cc2)CC1. The van der Waals surface area contributed by atoms with Crippen LogP contribution in [0.3, 0.4) is 0 Å². The molecule has 164 valence electrons. The Hall–Kier alpha value is -1.42. The second kappa shape index (κ2) is 14.5. The third kappa shape index (κ3) is 10.8. The molecule has 0 N–H and O–H groups in total. The number of halogens is 2. The number of rotatable bonds is 14. The van der Waals surface area contributed by atoms with Gasteiger partial charge in [-0.25, -0.2) is 0 Å². The van der Waals surface area contributed by atoms with Crippen molar-refractivity contribution < 1.29 is 18.3 Å². The molecule has 0 aliphatic heterocycles. The number of ether oxygens (including phenoxy) is 2. The van der Waals surface area contributed by atoms with Gasteiger partial charge in [0.2, 0.25) is 0 Å². The Morgan fingerprint density at radius 2 is 1.52 bits per heavy atom. The molecule has 1 aliphatic carbocycles. The first kappa shape index (κ1) is 23.9. The summed E-state index contributed by atoms with van der Waals surface area (Å²) in [5.41, 5.74) is 1.01. The Morgan fingerprint density at radius 3 is 2.14 bits per heavy atom. The van der Waals surface area contributed by atoms with Crippen LogP contribution in [0.25, 0.3) is 6.08 Å². The van der Waals surface area contributed by atoms with E-state index in [1.54, 1.807) is 12.1 Å². The standard InChI is InChI=1S/C25H38F2O2/c1-2-3-4-5-6-7-8-9-20-28-23-16-12-21(13-17-23)10-11-22-14-18-24(19-15-22)29-25(26)27/h10-11,14-15,18-19,21,23,25H,2-9,12-13,16-17,20H2,1H3. The van der Waals surface area contributed by atoms with E-state index < -0.39 is 6.61 Å². The van der Waals surface area contributed by atoms with Gasteiger partial charge in [0.25, 0.3) is 0 Å². The first-order valence-corrected chi connectivity index (χ1v) is 11.5. The van der Waals surface area contributed by atoms with Crippen LogP contribution in [0.5, 0.6) is 5.75 Å². The quantitative estimate of drug-likeness (QED) is 0.290. The van der Waals surface area contributed by atoms with Gasteiger partial charge >= 0.3 is 6.61 Å². The van der Waals surface area contributed by atoms with Crippen molar-refractivity contribution in [3.05, 3.63) is 35.9 Å². The molecule has 0 unspecified atom stereocenters. The van der Waals surface area contributed by atoms with Gasteiger partial charge in [-0.1, -0.05) is 76.2 Å². The average Bonchev–Trinajstić information content (AvgIpc) is 2.72. The molecule has 0 bridgehead atoms. The third-order valence-corrected chi connectivity index (χ3v) is 5.74. The maximum absolute atomic E-state index is 12.2. The molecule has 1 aromatic carbocycles. The molecule has 0 spiro atoms. The topological polar surface area (TPSA) is 18.5 Å². The number of hydrogen-bond donors (Lipinski definition) is 0. The highest BCUT2D eigenvalue weighted by Crippen LogP contribution is 2.28. The lowest BCUT2D eigenvalue weighted by Gasteiger charge is -2.27. The molecule has 0 radical (unpaired) electrons. The van der Waals surface area contributed by atoms with Crippen LogP contribution in [-0.4, -0.2) is 19.3 Å². The molecular formula is C25H38F2O2. The Morgan fingerprint density at radius 1 is 0.897 bits per heavy atom. The maximum Gasteiger partial charge on any atom is 0.387 e. The number of unbranched alkanes of at least 4 members (excludes halogenated alkanes) is 7. The molecule has 2 nitrogen and oxygen atoms in total. The lowest BCUT2D eigenvalue weighted by atomic mass is 9.87. The first-order valence-electron chi connectivity index (χ1n) is 11.5. The van der Waals surface area contributed by atoms with Crippen LogP contribution in [0.15, 0.2) is 30.3 Å². The molecule has 0 atom stereocenters. The molecule has 2 rings (SSSR count). The molecule has 0 heterocycles.